The number of rotatable bonds is 7. The van der Waals surface area contributed by atoms with E-state index in [1.807, 2.05) is 36.4 Å². The molecule has 8 nitrogen and oxygen atoms in total. The molecule has 0 fully saturated rings. The van der Waals surface area contributed by atoms with Crippen LogP contribution in [0.4, 0.5) is 5.69 Å². The van der Waals surface area contributed by atoms with E-state index >= 15 is 0 Å². The van der Waals surface area contributed by atoms with Gasteiger partial charge in [0.2, 0.25) is 5.69 Å². The Morgan fingerprint density at radius 1 is 1.03 bits per heavy atom. The summed E-state index contributed by atoms with van der Waals surface area (Å²) in [6.45, 7) is 1.33. The molecule has 0 aliphatic carbocycles. The topological polar surface area (TPSA) is 99.5 Å². The number of amides is 1. The SMILES string of the molecule is CCOC(=O)c1nn(-c2cccc(Br)c2)c(=O)cc1OCC(=O)Nc1cccc2ccccc12. The van der Waals surface area contributed by atoms with Crippen molar-refractivity contribution in [3.63, 3.8) is 0 Å². The molecule has 1 N–H and O–H groups in total. The molecule has 0 saturated carbocycles. The third-order valence-corrected chi connectivity index (χ3v) is 5.33. The molecule has 0 radical (unpaired) electrons. The highest BCUT2D eigenvalue weighted by molar-refractivity contribution is 9.10. The first-order valence-electron chi connectivity index (χ1n) is 10.4. The van der Waals surface area contributed by atoms with Crippen LogP contribution in [0.3, 0.4) is 0 Å². The summed E-state index contributed by atoms with van der Waals surface area (Å²) in [6.07, 6.45) is 0. The number of esters is 1. The van der Waals surface area contributed by atoms with Gasteiger partial charge < -0.3 is 14.8 Å². The van der Waals surface area contributed by atoms with Crippen molar-refractivity contribution in [1.82, 2.24) is 9.78 Å². The predicted octanol–water partition coefficient (Wildman–Crippen LogP) is 4.34. The quantitative estimate of drug-likeness (QED) is 0.363. The standard InChI is InChI=1S/C25H20BrN3O5/c1-2-33-25(32)24-21(14-23(31)29(28-24)18-10-6-9-17(26)13-18)34-15-22(30)27-20-12-5-8-16-7-3-4-11-19(16)20/h3-14H,2,15H2,1H3,(H,27,30). The van der Waals surface area contributed by atoms with Gasteiger partial charge in [-0.3, -0.25) is 9.59 Å². The molecule has 0 atom stereocenters. The first-order chi connectivity index (χ1) is 16.5. The fourth-order valence-corrected chi connectivity index (χ4v) is 3.74. The van der Waals surface area contributed by atoms with Crippen molar-refractivity contribution >= 4 is 44.3 Å². The Morgan fingerprint density at radius 3 is 2.59 bits per heavy atom. The summed E-state index contributed by atoms with van der Waals surface area (Å²) in [6, 6.07) is 21.2. The van der Waals surface area contributed by atoms with Gasteiger partial charge in [-0.2, -0.15) is 9.78 Å². The van der Waals surface area contributed by atoms with Crippen molar-refractivity contribution in [2.45, 2.75) is 6.92 Å². The van der Waals surface area contributed by atoms with E-state index in [0.717, 1.165) is 26.0 Å². The van der Waals surface area contributed by atoms with Gasteiger partial charge in [-0.1, -0.05) is 58.4 Å². The Morgan fingerprint density at radius 2 is 1.79 bits per heavy atom. The van der Waals surface area contributed by atoms with Crippen LogP contribution in [0.25, 0.3) is 16.5 Å². The molecule has 0 aliphatic heterocycles. The van der Waals surface area contributed by atoms with Gasteiger partial charge in [0.15, 0.2) is 12.4 Å². The summed E-state index contributed by atoms with van der Waals surface area (Å²) in [5.41, 5.74) is 0.334. The molecule has 4 aromatic rings. The number of nitrogens with zero attached hydrogens (tertiary/aromatic N) is 2. The number of carbonyl (C=O) groups excluding carboxylic acids is 2. The Kier molecular flexibility index (Phi) is 7.03. The van der Waals surface area contributed by atoms with Crippen molar-refractivity contribution in [3.05, 3.63) is 93.3 Å². The maximum atomic E-state index is 12.7. The molecule has 3 aromatic carbocycles. The molecule has 34 heavy (non-hydrogen) atoms. The van der Waals surface area contributed by atoms with Crippen LogP contribution in [0, 0.1) is 0 Å². The molecule has 1 aromatic heterocycles. The highest BCUT2D eigenvalue weighted by Gasteiger charge is 2.21. The summed E-state index contributed by atoms with van der Waals surface area (Å²) in [5.74, 6) is -1.36. The van der Waals surface area contributed by atoms with Gasteiger partial charge in [0.25, 0.3) is 11.5 Å². The summed E-state index contributed by atoms with van der Waals surface area (Å²) in [7, 11) is 0. The second-order valence-corrected chi connectivity index (χ2v) is 8.09. The van der Waals surface area contributed by atoms with E-state index in [9.17, 15) is 14.4 Å². The lowest BCUT2D eigenvalue weighted by Crippen LogP contribution is -2.27. The van der Waals surface area contributed by atoms with Crippen LogP contribution in [-0.2, 0) is 9.53 Å². The normalized spacial score (nSPS) is 10.6. The lowest BCUT2D eigenvalue weighted by atomic mass is 10.1. The zero-order valence-electron chi connectivity index (χ0n) is 18.2. The molecule has 172 valence electrons. The number of fused-ring (bicyclic) bond motifs is 1. The van der Waals surface area contributed by atoms with E-state index in [-0.39, 0.29) is 18.1 Å². The molecule has 9 heteroatoms. The third kappa shape index (κ3) is 5.15. The first-order valence-corrected chi connectivity index (χ1v) is 11.2. The van der Waals surface area contributed by atoms with Crippen LogP contribution in [0.15, 0.2) is 82.1 Å². The van der Waals surface area contributed by atoms with Gasteiger partial charge in [0.05, 0.1) is 18.4 Å². The fraction of sp³-hybridized carbons (Fsp3) is 0.120. The van der Waals surface area contributed by atoms with Crippen molar-refractivity contribution in [2.75, 3.05) is 18.5 Å². The maximum absolute atomic E-state index is 12.7. The van der Waals surface area contributed by atoms with Gasteiger partial charge in [-0.05, 0) is 36.6 Å². The Hall–Kier alpha value is -3.98. The summed E-state index contributed by atoms with van der Waals surface area (Å²) in [5, 5.41) is 8.81. The van der Waals surface area contributed by atoms with E-state index in [1.54, 1.807) is 37.3 Å². The molecule has 0 bridgehead atoms. The molecule has 0 aliphatic rings. The van der Waals surface area contributed by atoms with E-state index in [1.165, 1.54) is 0 Å². The monoisotopic (exact) mass is 521 g/mol. The third-order valence-electron chi connectivity index (χ3n) is 4.84. The number of aromatic nitrogens is 2. The smallest absolute Gasteiger partial charge is 0.362 e. The molecule has 1 amide bonds. The van der Waals surface area contributed by atoms with Crippen LogP contribution < -0.4 is 15.6 Å². The van der Waals surface area contributed by atoms with Gasteiger partial charge >= 0.3 is 5.97 Å². The van der Waals surface area contributed by atoms with Gasteiger partial charge in [0, 0.05) is 15.5 Å². The Balaban J connectivity index is 1.59. The highest BCUT2D eigenvalue weighted by Crippen LogP contribution is 2.23. The highest BCUT2D eigenvalue weighted by atomic mass is 79.9. The second-order valence-electron chi connectivity index (χ2n) is 7.17. The number of anilines is 1. The molecular formula is C25H20BrN3O5. The lowest BCUT2D eigenvalue weighted by molar-refractivity contribution is -0.118. The maximum Gasteiger partial charge on any atom is 0.362 e. The van der Waals surface area contributed by atoms with Gasteiger partial charge in [-0.25, -0.2) is 4.79 Å². The summed E-state index contributed by atoms with van der Waals surface area (Å²) in [4.78, 5) is 37.8. The molecule has 4 rings (SSSR count). The van der Waals surface area contributed by atoms with E-state index in [0.29, 0.717) is 11.4 Å². The lowest BCUT2D eigenvalue weighted by Gasteiger charge is -2.13. The number of ether oxygens (including phenoxy) is 2. The minimum atomic E-state index is -0.768. The van der Waals surface area contributed by atoms with E-state index in [4.69, 9.17) is 9.47 Å². The van der Waals surface area contributed by atoms with Gasteiger partial charge in [0.1, 0.15) is 0 Å². The van der Waals surface area contributed by atoms with Gasteiger partial charge in [-0.15, -0.1) is 0 Å². The summed E-state index contributed by atoms with van der Waals surface area (Å²) < 4.78 is 12.4. The van der Waals surface area contributed by atoms with E-state index in [2.05, 4.69) is 26.3 Å². The number of halogens is 1. The second kappa shape index (κ2) is 10.3. The van der Waals surface area contributed by atoms with E-state index < -0.39 is 24.0 Å². The van der Waals surface area contributed by atoms with Crippen LogP contribution in [0.5, 0.6) is 5.75 Å². The van der Waals surface area contributed by atoms with Crippen LogP contribution >= 0.6 is 15.9 Å². The molecule has 1 heterocycles. The summed E-state index contributed by atoms with van der Waals surface area (Å²) >= 11 is 3.35. The Labute approximate surface area is 203 Å². The average Bonchev–Trinajstić information content (AvgIpc) is 2.83. The largest absolute Gasteiger partial charge is 0.481 e. The zero-order chi connectivity index (χ0) is 24.1. The average molecular weight is 522 g/mol. The zero-order valence-corrected chi connectivity index (χ0v) is 19.7. The van der Waals surface area contributed by atoms with Crippen molar-refractivity contribution in [2.24, 2.45) is 0 Å². The predicted molar refractivity (Wildman–Crippen MR) is 132 cm³/mol. The van der Waals surface area contributed by atoms with Crippen LogP contribution in [0.1, 0.15) is 17.4 Å². The van der Waals surface area contributed by atoms with Crippen LogP contribution in [0.2, 0.25) is 0 Å². The van der Waals surface area contributed by atoms with Crippen molar-refractivity contribution < 1.29 is 19.1 Å². The molecule has 0 spiro atoms. The number of nitrogens with one attached hydrogen (secondary N) is 1. The van der Waals surface area contributed by atoms with Crippen molar-refractivity contribution in [3.8, 4) is 11.4 Å². The molecule has 0 saturated heterocycles. The first kappa shape index (κ1) is 23.2. The number of benzene rings is 3. The number of hydrogen-bond acceptors (Lipinski definition) is 6. The molecular weight excluding hydrogens is 502 g/mol. The number of hydrogen-bond donors (Lipinski definition) is 1. The number of carbonyl (C=O) groups is 2. The minimum absolute atomic E-state index is 0.109. The minimum Gasteiger partial charge on any atom is -0.481 e. The molecule has 0 unspecified atom stereocenters. The fourth-order valence-electron chi connectivity index (χ4n) is 3.35. The van der Waals surface area contributed by atoms with Crippen molar-refractivity contribution in [1.29, 1.82) is 0 Å². The Bertz CT molecular complexity index is 1430. The van der Waals surface area contributed by atoms with Crippen LogP contribution in [-0.4, -0.2) is 34.9 Å².